The molecule has 0 fully saturated rings. The van der Waals surface area contributed by atoms with Crippen LogP contribution < -0.4 is 11.0 Å². The van der Waals surface area contributed by atoms with Crippen LogP contribution in [0.3, 0.4) is 0 Å². The summed E-state index contributed by atoms with van der Waals surface area (Å²) in [5.41, 5.74) is 7.48. The maximum absolute atomic E-state index is 5.40. The molecule has 1 atom stereocenters. The van der Waals surface area contributed by atoms with Crippen LogP contribution in [0.2, 0.25) is 0 Å². The number of rotatable bonds is 2. The van der Waals surface area contributed by atoms with Crippen LogP contribution in [0, 0.1) is 6.92 Å². The number of aryl methyl sites for hydroxylation is 1. The molecule has 0 aliphatic heterocycles. The number of hydrogen-bond acceptors (Lipinski definition) is 4. The maximum Gasteiger partial charge on any atom is 0.247 e. The summed E-state index contributed by atoms with van der Waals surface area (Å²) < 4.78 is 5.37. The van der Waals surface area contributed by atoms with Gasteiger partial charge >= 0.3 is 0 Å². The maximum atomic E-state index is 5.40. The zero-order valence-electron chi connectivity index (χ0n) is 8.40. The van der Waals surface area contributed by atoms with E-state index in [2.05, 4.69) is 25.5 Å². The fourth-order valence-electron chi connectivity index (χ4n) is 1.39. The Morgan fingerprint density at radius 1 is 1.33 bits per heavy atom. The molecule has 1 aromatic carbocycles. The Morgan fingerprint density at radius 2 is 2.13 bits per heavy atom. The van der Waals surface area contributed by atoms with Gasteiger partial charge in [0, 0.05) is 5.56 Å². The van der Waals surface area contributed by atoms with E-state index in [1.807, 2.05) is 19.1 Å². The average molecular weight is 221 g/mol. The first kappa shape index (κ1) is 10.3. The van der Waals surface area contributed by atoms with E-state index in [0.717, 1.165) is 16.4 Å². The van der Waals surface area contributed by atoms with Gasteiger partial charge in [-0.3, -0.25) is 0 Å². The van der Waals surface area contributed by atoms with Crippen LogP contribution in [0.1, 0.15) is 11.5 Å². The van der Waals surface area contributed by atoms with E-state index in [-0.39, 0.29) is 6.54 Å². The minimum absolute atomic E-state index is 0.270. The molecular weight excluding hydrogens is 209 g/mol. The Morgan fingerprint density at radius 3 is 2.73 bits per heavy atom. The lowest BCUT2D eigenvalue weighted by Gasteiger charge is -1.99. The van der Waals surface area contributed by atoms with E-state index in [1.165, 1.54) is 0 Å². The fourth-order valence-corrected chi connectivity index (χ4v) is 1.83. The summed E-state index contributed by atoms with van der Waals surface area (Å²) in [6.45, 7) is 2.30. The van der Waals surface area contributed by atoms with Crippen LogP contribution in [0.4, 0.5) is 0 Å². The van der Waals surface area contributed by atoms with Crippen molar-refractivity contribution in [3.05, 3.63) is 29.7 Å². The molecule has 2 aromatic rings. The predicted octanol–water partition coefficient (Wildman–Crippen LogP) is 1.00. The second-order valence-electron chi connectivity index (χ2n) is 3.34. The molecule has 0 saturated heterocycles. The van der Waals surface area contributed by atoms with Gasteiger partial charge < -0.3 is 10.2 Å². The summed E-state index contributed by atoms with van der Waals surface area (Å²) in [5, 5.41) is 8.85. The molecule has 1 aromatic heterocycles. The van der Waals surface area contributed by atoms with Crippen molar-refractivity contribution >= 4 is 14.5 Å². The van der Waals surface area contributed by atoms with Gasteiger partial charge in [-0.2, -0.15) is 0 Å². The normalized spacial score (nSPS) is 10.6. The molecule has 0 radical (unpaired) electrons. The van der Waals surface area contributed by atoms with E-state index < -0.39 is 0 Å². The number of nitrogens with two attached hydrogens (primary N) is 1. The quantitative estimate of drug-likeness (QED) is 0.768. The molecule has 4 nitrogen and oxygen atoms in total. The molecule has 1 heterocycles. The Balaban J connectivity index is 2.44. The zero-order valence-corrected chi connectivity index (χ0v) is 9.55. The van der Waals surface area contributed by atoms with Gasteiger partial charge in [0.05, 0.1) is 6.54 Å². The largest absolute Gasteiger partial charge is 0.419 e. The summed E-state index contributed by atoms with van der Waals surface area (Å²) in [4.78, 5) is 0. The van der Waals surface area contributed by atoms with Crippen molar-refractivity contribution in [1.29, 1.82) is 0 Å². The van der Waals surface area contributed by atoms with Gasteiger partial charge in [-0.05, 0) is 29.9 Å². The molecule has 0 amide bonds. The predicted molar refractivity (Wildman–Crippen MR) is 61.7 cm³/mol. The van der Waals surface area contributed by atoms with E-state index in [4.69, 9.17) is 10.2 Å². The summed E-state index contributed by atoms with van der Waals surface area (Å²) in [6, 6.07) is 6.04. The first-order valence-electron chi connectivity index (χ1n) is 4.59. The smallest absolute Gasteiger partial charge is 0.247 e. The molecule has 1 unspecified atom stereocenters. The Labute approximate surface area is 90.1 Å². The second-order valence-corrected chi connectivity index (χ2v) is 4.00. The topological polar surface area (TPSA) is 64.9 Å². The van der Waals surface area contributed by atoms with Crippen molar-refractivity contribution in [2.75, 3.05) is 0 Å². The van der Waals surface area contributed by atoms with Gasteiger partial charge in [-0.25, -0.2) is 0 Å². The van der Waals surface area contributed by atoms with Crippen LogP contribution >= 0.6 is 9.24 Å². The zero-order chi connectivity index (χ0) is 10.8. The Kier molecular flexibility index (Phi) is 2.80. The highest BCUT2D eigenvalue weighted by atomic mass is 31.0. The van der Waals surface area contributed by atoms with E-state index >= 15 is 0 Å². The Bertz CT molecular complexity index is 461. The van der Waals surface area contributed by atoms with Gasteiger partial charge in [0.2, 0.25) is 11.8 Å². The number of nitrogens with zero attached hydrogens (tertiary/aromatic N) is 2. The van der Waals surface area contributed by atoms with Crippen molar-refractivity contribution in [3.63, 3.8) is 0 Å². The van der Waals surface area contributed by atoms with Crippen LogP contribution in [0.5, 0.6) is 0 Å². The van der Waals surface area contributed by atoms with Crippen molar-refractivity contribution in [3.8, 4) is 11.5 Å². The molecule has 78 valence electrons. The molecule has 0 saturated carbocycles. The van der Waals surface area contributed by atoms with Crippen LogP contribution in [-0.4, -0.2) is 10.2 Å². The standard InChI is InChI=1S/C10H12N3OP/c1-6-2-7(4-8(15)3-6)10-13-12-9(5-11)14-10/h2-4H,5,11,15H2,1H3. The van der Waals surface area contributed by atoms with Crippen molar-refractivity contribution in [1.82, 2.24) is 10.2 Å². The van der Waals surface area contributed by atoms with E-state index in [1.54, 1.807) is 0 Å². The third-order valence-corrected chi connectivity index (χ3v) is 2.32. The van der Waals surface area contributed by atoms with Gasteiger partial charge in [-0.1, -0.05) is 6.07 Å². The molecule has 0 bridgehead atoms. The van der Waals surface area contributed by atoms with Gasteiger partial charge in [-0.15, -0.1) is 19.4 Å². The molecule has 5 heteroatoms. The summed E-state index contributed by atoms with van der Waals surface area (Å²) >= 11 is 0. The second kappa shape index (κ2) is 4.09. The fraction of sp³-hybridized carbons (Fsp3) is 0.200. The molecule has 0 aliphatic carbocycles. The number of hydrogen-bond donors (Lipinski definition) is 1. The van der Waals surface area contributed by atoms with E-state index in [0.29, 0.717) is 11.8 Å². The van der Waals surface area contributed by atoms with Gasteiger partial charge in [0.25, 0.3) is 0 Å². The highest BCUT2D eigenvalue weighted by Gasteiger charge is 2.07. The molecule has 2 N–H and O–H groups in total. The monoisotopic (exact) mass is 221 g/mol. The summed E-state index contributed by atoms with van der Waals surface area (Å²) in [6.07, 6.45) is 0. The van der Waals surface area contributed by atoms with Crippen molar-refractivity contribution in [2.45, 2.75) is 13.5 Å². The minimum atomic E-state index is 0.270. The Hall–Kier alpha value is -1.25. The first-order chi connectivity index (χ1) is 7.19. The van der Waals surface area contributed by atoms with Crippen molar-refractivity contribution in [2.24, 2.45) is 5.73 Å². The third-order valence-electron chi connectivity index (χ3n) is 1.99. The van der Waals surface area contributed by atoms with Crippen LogP contribution in [0.25, 0.3) is 11.5 Å². The van der Waals surface area contributed by atoms with Crippen LogP contribution in [0.15, 0.2) is 22.6 Å². The highest BCUT2D eigenvalue weighted by molar-refractivity contribution is 7.27. The minimum Gasteiger partial charge on any atom is -0.419 e. The SMILES string of the molecule is Cc1cc(P)cc(-c2nnc(CN)o2)c1. The number of benzene rings is 1. The lowest BCUT2D eigenvalue weighted by Crippen LogP contribution is -1.95. The third kappa shape index (κ3) is 2.22. The summed E-state index contributed by atoms with van der Waals surface area (Å²) in [5.74, 6) is 0.972. The molecule has 2 rings (SSSR count). The lowest BCUT2D eigenvalue weighted by atomic mass is 10.1. The molecule has 15 heavy (non-hydrogen) atoms. The number of aromatic nitrogens is 2. The summed E-state index contributed by atoms with van der Waals surface area (Å²) in [7, 11) is 2.65. The average Bonchev–Trinajstić information content (AvgIpc) is 2.64. The van der Waals surface area contributed by atoms with E-state index in [9.17, 15) is 0 Å². The van der Waals surface area contributed by atoms with Crippen LogP contribution in [-0.2, 0) is 6.54 Å². The molecule has 0 spiro atoms. The van der Waals surface area contributed by atoms with Crippen molar-refractivity contribution < 1.29 is 4.42 Å². The first-order valence-corrected chi connectivity index (χ1v) is 5.17. The lowest BCUT2D eigenvalue weighted by molar-refractivity contribution is 0.508. The van der Waals surface area contributed by atoms with Gasteiger partial charge in [0.15, 0.2) is 0 Å². The highest BCUT2D eigenvalue weighted by Crippen LogP contribution is 2.18. The molecular formula is C10H12N3OP. The van der Waals surface area contributed by atoms with Gasteiger partial charge in [0.1, 0.15) is 0 Å². The molecule has 0 aliphatic rings.